The van der Waals surface area contributed by atoms with E-state index >= 15 is 0 Å². The van der Waals surface area contributed by atoms with E-state index in [2.05, 4.69) is 51.4 Å². The molecule has 1 aliphatic rings. The van der Waals surface area contributed by atoms with Gasteiger partial charge in [0.1, 0.15) is 0 Å². The second-order valence-corrected chi connectivity index (χ2v) is 8.39. The molecule has 1 saturated heterocycles. The van der Waals surface area contributed by atoms with Crippen molar-refractivity contribution in [2.45, 2.75) is 6.54 Å². The number of primary amides is 1. The summed E-state index contributed by atoms with van der Waals surface area (Å²) in [4.78, 5) is 22.7. The molecule has 3 heterocycles. The summed E-state index contributed by atoms with van der Waals surface area (Å²) in [6, 6.07) is 15.8. The number of nitrogens with zero attached hydrogens (tertiary/aromatic N) is 3. The summed E-state index contributed by atoms with van der Waals surface area (Å²) >= 11 is 1.60. The number of pyridine rings is 1. The molecular weight excluding hydrogens is 382 g/mol. The number of likely N-dealkylation sites (N-methyl/N-ethyl adjacent to an activating group) is 1. The Morgan fingerprint density at radius 2 is 1.90 bits per heavy atom. The van der Waals surface area contributed by atoms with E-state index in [-0.39, 0.29) is 0 Å². The number of benzene rings is 1. The Kier molecular flexibility index (Phi) is 5.89. The fourth-order valence-corrected chi connectivity index (χ4v) is 4.58. The number of rotatable bonds is 5. The molecule has 1 aliphatic heterocycles. The van der Waals surface area contributed by atoms with Gasteiger partial charge in [-0.1, -0.05) is 30.3 Å². The lowest BCUT2D eigenvalue weighted by molar-refractivity contribution is 0.148. The van der Waals surface area contributed by atoms with Crippen molar-refractivity contribution in [2.24, 2.45) is 5.73 Å². The number of thiophene rings is 1. The molecule has 2 amide bonds. The van der Waals surface area contributed by atoms with Gasteiger partial charge in [-0.05, 0) is 36.4 Å². The number of carbonyl (C=O) groups excluding carboxylic acids is 1. The van der Waals surface area contributed by atoms with E-state index in [9.17, 15) is 4.79 Å². The number of urea groups is 1. The lowest BCUT2D eigenvalue weighted by Crippen LogP contribution is -2.43. The predicted molar refractivity (Wildman–Crippen MR) is 119 cm³/mol. The van der Waals surface area contributed by atoms with Crippen LogP contribution in [0.1, 0.15) is 5.56 Å². The number of nitrogens with two attached hydrogens (primary N) is 1. The number of hydrogen-bond acceptors (Lipinski definition) is 5. The molecule has 150 valence electrons. The summed E-state index contributed by atoms with van der Waals surface area (Å²) in [5, 5.41) is 2.73. The van der Waals surface area contributed by atoms with Crippen molar-refractivity contribution in [3.05, 3.63) is 60.3 Å². The number of hydrogen-bond donors (Lipinski definition) is 2. The van der Waals surface area contributed by atoms with E-state index in [4.69, 9.17) is 5.73 Å². The SMILES string of the molecule is CN1CCN(Cc2ccc(-c3cc(NC(N)=O)c(-c4ccccn4)s3)cc2)CC1. The van der Waals surface area contributed by atoms with Crippen molar-refractivity contribution in [1.29, 1.82) is 0 Å². The lowest BCUT2D eigenvalue weighted by atomic mass is 10.1. The first-order chi connectivity index (χ1) is 14.1. The zero-order valence-corrected chi connectivity index (χ0v) is 17.3. The molecule has 3 aromatic rings. The number of anilines is 1. The molecule has 7 heteroatoms. The van der Waals surface area contributed by atoms with E-state index in [0.717, 1.165) is 53.7 Å². The van der Waals surface area contributed by atoms with Crippen LogP contribution in [-0.4, -0.2) is 54.0 Å². The molecule has 3 N–H and O–H groups in total. The first-order valence-corrected chi connectivity index (χ1v) is 10.5. The molecule has 2 aromatic heterocycles. The summed E-state index contributed by atoms with van der Waals surface area (Å²) in [7, 11) is 2.17. The Morgan fingerprint density at radius 1 is 1.14 bits per heavy atom. The Bertz CT molecular complexity index is 963. The van der Waals surface area contributed by atoms with Crippen LogP contribution in [-0.2, 0) is 6.54 Å². The highest BCUT2D eigenvalue weighted by Crippen LogP contribution is 2.40. The van der Waals surface area contributed by atoms with Gasteiger partial charge in [0.15, 0.2) is 0 Å². The van der Waals surface area contributed by atoms with Gasteiger partial charge in [0.25, 0.3) is 0 Å². The van der Waals surface area contributed by atoms with E-state index in [0.29, 0.717) is 5.69 Å². The van der Waals surface area contributed by atoms with Crippen LogP contribution in [0.25, 0.3) is 21.0 Å². The van der Waals surface area contributed by atoms with Crippen LogP contribution in [0.4, 0.5) is 10.5 Å². The zero-order valence-electron chi connectivity index (χ0n) is 16.5. The first kappa shape index (κ1) is 19.6. The Labute approximate surface area is 175 Å². The third kappa shape index (κ3) is 4.82. The highest BCUT2D eigenvalue weighted by atomic mass is 32.1. The third-order valence-corrected chi connectivity index (χ3v) is 6.33. The molecule has 0 aliphatic carbocycles. The maximum absolute atomic E-state index is 11.4. The van der Waals surface area contributed by atoms with Gasteiger partial charge in [-0.15, -0.1) is 11.3 Å². The molecule has 6 nitrogen and oxygen atoms in total. The Hall–Kier alpha value is -2.74. The molecule has 4 rings (SSSR count). The summed E-state index contributed by atoms with van der Waals surface area (Å²) < 4.78 is 0. The standard InChI is InChI=1S/C22H25N5OS/c1-26-10-12-27(13-11-26)15-16-5-7-17(8-6-16)20-14-19(25-22(23)28)21(29-20)18-4-2-3-9-24-18/h2-9,14H,10-13,15H2,1H3,(H3,23,25,28). The second kappa shape index (κ2) is 8.73. The summed E-state index contributed by atoms with van der Waals surface area (Å²) in [5.74, 6) is 0. The van der Waals surface area contributed by atoms with Crippen molar-refractivity contribution in [1.82, 2.24) is 14.8 Å². The van der Waals surface area contributed by atoms with Gasteiger partial charge >= 0.3 is 6.03 Å². The minimum absolute atomic E-state index is 0.575. The Morgan fingerprint density at radius 3 is 2.55 bits per heavy atom. The van der Waals surface area contributed by atoms with Gasteiger partial charge < -0.3 is 16.0 Å². The number of nitrogens with one attached hydrogen (secondary N) is 1. The molecule has 1 fully saturated rings. The molecular formula is C22H25N5OS. The van der Waals surface area contributed by atoms with Crippen LogP contribution >= 0.6 is 11.3 Å². The molecule has 0 saturated carbocycles. The minimum Gasteiger partial charge on any atom is -0.351 e. The van der Waals surface area contributed by atoms with Gasteiger partial charge in [0, 0.05) is 43.8 Å². The predicted octanol–water partition coefficient (Wildman–Crippen LogP) is 3.72. The quantitative estimate of drug-likeness (QED) is 0.676. The van der Waals surface area contributed by atoms with Crippen molar-refractivity contribution in [3.8, 4) is 21.0 Å². The molecule has 0 radical (unpaired) electrons. The lowest BCUT2D eigenvalue weighted by Gasteiger charge is -2.32. The van der Waals surface area contributed by atoms with E-state index in [1.807, 2.05) is 24.3 Å². The van der Waals surface area contributed by atoms with Gasteiger partial charge in [0.05, 0.1) is 16.3 Å². The smallest absolute Gasteiger partial charge is 0.316 e. The van der Waals surface area contributed by atoms with Crippen LogP contribution in [0.15, 0.2) is 54.7 Å². The monoisotopic (exact) mass is 407 g/mol. The van der Waals surface area contributed by atoms with Crippen molar-refractivity contribution >= 4 is 23.1 Å². The Balaban J connectivity index is 1.55. The van der Waals surface area contributed by atoms with Crippen LogP contribution in [0, 0.1) is 0 Å². The fraction of sp³-hybridized carbons (Fsp3) is 0.273. The third-order valence-electron chi connectivity index (χ3n) is 5.13. The molecule has 29 heavy (non-hydrogen) atoms. The van der Waals surface area contributed by atoms with E-state index < -0.39 is 6.03 Å². The highest BCUT2D eigenvalue weighted by molar-refractivity contribution is 7.19. The molecule has 0 spiro atoms. The average molecular weight is 408 g/mol. The number of amides is 2. The highest BCUT2D eigenvalue weighted by Gasteiger charge is 2.16. The minimum atomic E-state index is -0.575. The van der Waals surface area contributed by atoms with Crippen LogP contribution < -0.4 is 11.1 Å². The van der Waals surface area contributed by atoms with Gasteiger partial charge in [0.2, 0.25) is 0 Å². The molecule has 0 atom stereocenters. The number of aromatic nitrogens is 1. The van der Waals surface area contributed by atoms with Crippen LogP contribution in [0.3, 0.4) is 0 Å². The van der Waals surface area contributed by atoms with Crippen molar-refractivity contribution in [3.63, 3.8) is 0 Å². The average Bonchev–Trinajstić information content (AvgIpc) is 3.14. The normalized spacial score (nSPS) is 15.3. The molecule has 0 unspecified atom stereocenters. The summed E-state index contributed by atoms with van der Waals surface area (Å²) in [6.07, 6.45) is 1.75. The topological polar surface area (TPSA) is 74.5 Å². The van der Waals surface area contributed by atoms with Crippen molar-refractivity contribution < 1.29 is 4.79 Å². The molecule has 0 bridgehead atoms. The first-order valence-electron chi connectivity index (χ1n) is 9.70. The maximum Gasteiger partial charge on any atom is 0.316 e. The van der Waals surface area contributed by atoms with E-state index in [1.165, 1.54) is 5.56 Å². The van der Waals surface area contributed by atoms with Crippen LogP contribution in [0.5, 0.6) is 0 Å². The fourth-order valence-electron chi connectivity index (χ4n) is 3.48. The largest absolute Gasteiger partial charge is 0.351 e. The summed E-state index contributed by atoms with van der Waals surface area (Å²) in [5.41, 5.74) is 9.31. The van der Waals surface area contributed by atoms with E-state index in [1.54, 1.807) is 17.5 Å². The number of carbonyl (C=O) groups is 1. The van der Waals surface area contributed by atoms with Gasteiger partial charge in [-0.2, -0.15) is 0 Å². The van der Waals surface area contributed by atoms with Gasteiger partial charge in [-0.25, -0.2) is 4.79 Å². The van der Waals surface area contributed by atoms with Crippen molar-refractivity contribution in [2.75, 3.05) is 38.5 Å². The summed E-state index contributed by atoms with van der Waals surface area (Å²) in [6.45, 7) is 5.45. The van der Waals surface area contributed by atoms with Gasteiger partial charge in [-0.3, -0.25) is 9.88 Å². The second-order valence-electron chi connectivity index (χ2n) is 7.33. The zero-order chi connectivity index (χ0) is 20.2. The number of piperazine rings is 1. The molecule has 1 aromatic carbocycles. The van der Waals surface area contributed by atoms with Crippen LogP contribution in [0.2, 0.25) is 0 Å². The maximum atomic E-state index is 11.4.